The molecule has 1 unspecified atom stereocenters. The first-order valence-electron chi connectivity index (χ1n) is 11.0. The van der Waals surface area contributed by atoms with Crippen molar-refractivity contribution in [2.24, 2.45) is 4.99 Å². The zero-order chi connectivity index (χ0) is 23.5. The Morgan fingerprint density at radius 1 is 0.912 bits per heavy atom. The van der Waals surface area contributed by atoms with E-state index in [-0.39, 0.29) is 11.9 Å². The van der Waals surface area contributed by atoms with Gasteiger partial charge in [-0.25, -0.2) is 4.99 Å². The fourth-order valence-electron chi connectivity index (χ4n) is 3.93. The van der Waals surface area contributed by atoms with Gasteiger partial charge in [-0.2, -0.15) is 0 Å². The van der Waals surface area contributed by atoms with Crippen molar-refractivity contribution in [3.63, 3.8) is 0 Å². The van der Waals surface area contributed by atoms with Gasteiger partial charge in [0.2, 0.25) is 5.96 Å². The van der Waals surface area contributed by atoms with E-state index < -0.39 is 0 Å². The minimum absolute atomic E-state index is 0.0976. The Hall–Kier alpha value is -3.90. The van der Waals surface area contributed by atoms with Crippen LogP contribution in [0.5, 0.6) is 0 Å². The second-order valence-corrected chi connectivity index (χ2v) is 9.03. The Kier molecular flexibility index (Phi) is 6.14. The summed E-state index contributed by atoms with van der Waals surface area (Å²) in [6, 6.07) is 31.5. The van der Waals surface area contributed by atoms with Gasteiger partial charge in [-0.1, -0.05) is 70.5 Å². The van der Waals surface area contributed by atoms with Crippen molar-refractivity contribution in [2.75, 3.05) is 16.0 Å². The van der Waals surface area contributed by atoms with Crippen LogP contribution in [0.25, 0.3) is 0 Å². The number of anilines is 3. The number of aliphatic imine (C=N–C) groups is 1. The summed E-state index contributed by atoms with van der Waals surface area (Å²) >= 11 is 3.45. The van der Waals surface area contributed by atoms with Crippen LogP contribution in [0.4, 0.5) is 17.1 Å². The van der Waals surface area contributed by atoms with Gasteiger partial charge in [0, 0.05) is 32.7 Å². The Bertz CT molecular complexity index is 1370. The van der Waals surface area contributed by atoms with Gasteiger partial charge in [-0.05, 0) is 60.5 Å². The number of halogens is 1. The van der Waals surface area contributed by atoms with E-state index >= 15 is 0 Å². The Morgan fingerprint density at radius 2 is 1.65 bits per heavy atom. The van der Waals surface area contributed by atoms with E-state index in [1.807, 2.05) is 67.6 Å². The predicted molar refractivity (Wildman–Crippen MR) is 143 cm³/mol. The number of amides is 1. The van der Waals surface area contributed by atoms with E-state index in [1.54, 1.807) is 12.1 Å². The van der Waals surface area contributed by atoms with Crippen molar-refractivity contribution in [1.82, 2.24) is 0 Å². The fourth-order valence-corrected chi connectivity index (χ4v) is 4.29. The normalized spacial score (nSPS) is 14.4. The number of guanidine groups is 1. The summed E-state index contributed by atoms with van der Waals surface area (Å²) in [7, 11) is 0. The third-order valence-electron chi connectivity index (χ3n) is 5.74. The van der Waals surface area contributed by atoms with Crippen LogP contribution in [0, 0.1) is 6.92 Å². The van der Waals surface area contributed by atoms with Crippen molar-refractivity contribution in [3.8, 4) is 0 Å². The summed E-state index contributed by atoms with van der Waals surface area (Å²) in [5.41, 5.74) is 6.50. The second-order valence-electron chi connectivity index (χ2n) is 8.12. The van der Waals surface area contributed by atoms with Crippen LogP contribution in [0.3, 0.4) is 0 Å². The maximum absolute atomic E-state index is 12.7. The molecule has 168 valence electrons. The standard InChI is InChI=1S/C28H23BrN4O/c1-18-11-14-21(29)17-25(18)31-27(34)20-12-15-22(16-13-20)30-28-32-24-10-6-5-9-23(24)26(33-28)19-7-3-2-4-8-19/h2-17,26H,1H3,(H,31,34)(H2,30,32,33). The molecule has 1 atom stereocenters. The quantitative estimate of drug-likeness (QED) is 0.277. The van der Waals surface area contributed by atoms with Gasteiger partial charge >= 0.3 is 0 Å². The van der Waals surface area contributed by atoms with Crippen LogP contribution in [-0.2, 0) is 0 Å². The summed E-state index contributed by atoms with van der Waals surface area (Å²) in [6.07, 6.45) is 0. The Labute approximate surface area is 207 Å². The summed E-state index contributed by atoms with van der Waals surface area (Å²) in [6.45, 7) is 1.97. The zero-order valence-electron chi connectivity index (χ0n) is 18.5. The molecular formula is C28H23BrN4O. The average Bonchev–Trinajstić information content (AvgIpc) is 2.87. The SMILES string of the molecule is Cc1ccc(Br)cc1NC(=O)c1ccc(NC2=NC(c3ccccc3)c3ccccc3N2)cc1. The molecule has 6 heteroatoms. The molecule has 0 saturated carbocycles. The monoisotopic (exact) mass is 510 g/mol. The highest BCUT2D eigenvalue weighted by molar-refractivity contribution is 9.10. The van der Waals surface area contributed by atoms with Gasteiger partial charge in [0.15, 0.2) is 0 Å². The lowest BCUT2D eigenvalue weighted by Crippen LogP contribution is -2.27. The molecule has 1 aliphatic heterocycles. The number of benzene rings is 4. The number of hydrogen-bond acceptors (Lipinski definition) is 4. The summed E-state index contributed by atoms with van der Waals surface area (Å²) < 4.78 is 0.920. The number of fused-ring (bicyclic) bond motifs is 1. The van der Waals surface area contributed by atoms with Crippen LogP contribution in [-0.4, -0.2) is 11.9 Å². The fraction of sp³-hybridized carbons (Fsp3) is 0.0714. The van der Waals surface area contributed by atoms with E-state index in [0.29, 0.717) is 11.5 Å². The number of hydrogen-bond donors (Lipinski definition) is 3. The van der Waals surface area contributed by atoms with E-state index in [0.717, 1.165) is 38.2 Å². The molecule has 1 aliphatic rings. The van der Waals surface area contributed by atoms with E-state index in [1.165, 1.54) is 0 Å². The largest absolute Gasteiger partial charge is 0.326 e. The smallest absolute Gasteiger partial charge is 0.255 e. The van der Waals surface area contributed by atoms with Crippen molar-refractivity contribution < 1.29 is 4.79 Å². The summed E-state index contributed by atoms with van der Waals surface area (Å²) in [4.78, 5) is 17.7. The molecule has 0 radical (unpaired) electrons. The van der Waals surface area contributed by atoms with Crippen molar-refractivity contribution in [1.29, 1.82) is 0 Å². The van der Waals surface area contributed by atoms with Crippen molar-refractivity contribution in [3.05, 3.63) is 124 Å². The number of nitrogens with zero attached hydrogens (tertiary/aromatic N) is 1. The molecule has 0 aliphatic carbocycles. The number of nitrogens with one attached hydrogen (secondary N) is 3. The minimum atomic E-state index is -0.154. The second kappa shape index (κ2) is 9.53. The first-order valence-corrected chi connectivity index (χ1v) is 11.8. The third kappa shape index (κ3) is 4.72. The van der Waals surface area contributed by atoms with Crippen molar-refractivity contribution in [2.45, 2.75) is 13.0 Å². The molecule has 0 fully saturated rings. The molecule has 0 saturated heterocycles. The summed E-state index contributed by atoms with van der Waals surface area (Å²) in [5.74, 6) is 0.508. The number of para-hydroxylation sites is 1. The molecule has 5 nitrogen and oxygen atoms in total. The van der Waals surface area contributed by atoms with Gasteiger partial charge in [0.05, 0.1) is 0 Å². The third-order valence-corrected chi connectivity index (χ3v) is 6.23. The first kappa shape index (κ1) is 21.9. The van der Waals surface area contributed by atoms with Crippen molar-refractivity contribution >= 4 is 44.9 Å². The van der Waals surface area contributed by atoms with E-state index in [4.69, 9.17) is 4.99 Å². The molecule has 1 heterocycles. The number of carbonyl (C=O) groups is 1. The molecule has 0 aromatic heterocycles. The molecule has 1 amide bonds. The van der Waals surface area contributed by atoms with Gasteiger partial charge in [-0.3, -0.25) is 4.79 Å². The highest BCUT2D eigenvalue weighted by Crippen LogP contribution is 2.34. The van der Waals surface area contributed by atoms with E-state index in [9.17, 15) is 4.79 Å². The summed E-state index contributed by atoms with van der Waals surface area (Å²) in [5, 5.41) is 9.71. The van der Waals surface area contributed by atoms with Crippen LogP contribution < -0.4 is 16.0 Å². The van der Waals surface area contributed by atoms with Gasteiger partial charge < -0.3 is 16.0 Å². The Balaban J connectivity index is 1.34. The average molecular weight is 511 g/mol. The highest BCUT2D eigenvalue weighted by atomic mass is 79.9. The molecule has 0 spiro atoms. The lowest BCUT2D eigenvalue weighted by molar-refractivity contribution is 0.102. The van der Waals surface area contributed by atoms with Gasteiger partial charge in [0.25, 0.3) is 5.91 Å². The Morgan fingerprint density at radius 3 is 2.44 bits per heavy atom. The highest BCUT2D eigenvalue weighted by Gasteiger charge is 2.22. The number of aryl methyl sites for hydroxylation is 1. The maximum Gasteiger partial charge on any atom is 0.255 e. The van der Waals surface area contributed by atoms with E-state index in [2.05, 4.69) is 56.1 Å². The number of rotatable bonds is 4. The molecule has 4 aromatic rings. The first-order chi connectivity index (χ1) is 16.6. The lowest BCUT2D eigenvalue weighted by Gasteiger charge is -2.26. The van der Waals surface area contributed by atoms with Gasteiger partial charge in [-0.15, -0.1) is 0 Å². The number of carbonyl (C=O) groups excluding carboxylic acids is 1. The topological polar surface area (TPSA) is 65.5 Å². The molecule has 5 rings (SSSR count). The van der Waals surface area contributed by atoms with Crippen LogP contribution in [0.15, 0.2) is 107 Å². The molecule has 3 N–H and O–H groups in total. The molecule has 4 aromatic carbocycles. The predicted octanol–water partition coefficient (Wildman–Crippen LogP) is 6.99. The zero-order valence-corrected chi connectivity index (χ0v) is 20.1. The lowest BCUT2D eigenvalue weighted by atomic mass is 9.96. The van der Waals surface area contributed by atoms with Crippen LogP contribution in [0.1, 0.15) is 33.1 Å². The molecule has 34 heavy (non-hydrogen) atoms. The van der Waals surface area contributed by atoms with Gasteiger partial charge in [0.1, 0.15) is 6.04 Å². The molecular weight excluding hydrogens is 488 g/mol. The minimum Gasteiger partial charge on any atom is -0.326 e. The maximum atomic E-state index is 12.7. The van der Waals surface area contributed by atoms with Crippen LogP contribution in [0.2, 0.25) is 0 Å². The molecule has 0 bridgehead atoms. The van der Waals surface area contributed by atoms with Crippen LogP contribution >= 0.6 is 15.9 Å².